The number of carbonyl (C=O) groups is 1. The Kier molecular flexibility index (Phi) is 4.68. The van der Waals surface area contributed by atoms with Crippen LogP contribution in [0.2, 0.25) is 5.02 Å². The highest BCUT2D eigenvalue weighted by molar-refractivity contribution is 9.09. The van der Waals surface area contributed by atoms with E-state index in [1.54, 1.807) is 24.3 Å². The fourth-order valence-corrected chi connectivity index (χ4v) is 3.26. The van der Waals surface area contributed by atoms with E-state index in [0.717, 1.165) is 18.2 Å². The SMILES string of the molecule is O=C(NC1(CBr)CCCCC1)c1ccc(Cl)cc1. The third-order valence-corrected chi connectivity index (χ3v) is 4.88. The van der Waals surface area contributed by atoms with Gasteiger partial charge in [-0.25, -0.2) is 0 Å². The Labute approximate surface area is 121 Å². The largest absolute Gasteiger partial charge is 0.346 e. The number of benzene rings is 1. The fourth-order valence-electron chi connectivity index (χ4n) is 2.43. The Hall–Kier alpha value is -0.540. The molecule has 1 fully saturated rings. The minimum atomic E-state index is -0.0744. The molecule has 1 aliphatic rings. The summed E-state index contributed by atoms with van der Waals surface area (Å²) in [6, 6.07) is 7.03. The Bertz CT molecular complexity index is 412. The molecule has 0 radical (unpaired) electrons. The Morgan fingerprint density at radius 3 is 2.39 bits per heavy atom. The molecule has 0 unspecified atom stereocenters. The highest BCUT2D eigenvalue weighted by Gasteiger charge is 2.32. The summed E-state index contributed by atoms with van der Waals surface area (Å²) >= 11 is 9.37. The lowest BCUT2D eigenvalue weighted by molar-refractivity contribution is 0.0886. The van der Waals surface area contributed by atoms with E-state index < -0.39 is 0 Å². The smallest absolute Gasteiger partial charge is 0.251 e. The second kappa shape index (κ2) is 6.07. The topological polar surface area (TPSA) is 29.1 Å². The Morgan fingerprint density at radius 2 is 1.83 bits per heavy atom. The van der Waals surface area contributed by atoms with Gasteiger partial charge in [0.25, 0.3) is 5.91 Å². The molecular weight excluding hydrogens is 314 g/mol. The van der Waals surface area contributed by atoms with E-state index in [4.69, 9.17) is 11.6 Å². The zero-order chi connectivity index (χ0) is 13.0. The van der Waals surface area contributed by atoms with Gasteiger partial charge in [0, 0.05) is 15.9 Å². The predicted octanol–water partition coefficient (Wildman–Crippen LogP) is 4.17. The number of rotatable bonds is 3. The maximum atomic E-state index is 12.2. The van der Waals surface area contributed by atoms with Gasteiger partial charge in [-0.15, -0.1) is 0 Å². The van der Waals surface area contributed by atoms with E-state index in [1.807, 2.05) is 0 Å². The van der Waals surface area contributed by atoms with Crippen molar-refractivity contribution in [3.05, 3.63) is 34.9 Å². The Morgan fingerprint density at radius 1 is 1.22 bits per heavy atom. The summed E-state index contributed by atoms with van der Waals surface area (Å²) < 4.78 is 0. The first-order valence-electron chi connectivity index (χ1n) is 6.29. The Balaban J connectivity index is 2.07. The average molecular weight is 331 g/mol. The summed E-state index contributed by atoms with van der Waals surface area (Å²) in [6.07, 6.45) is 5.75. The average Bonchev–Trinajstić information content (AvgIpc) is 2.40. The number of alkyl halides is 1. The van der Waals surface area contributed by atoms with Crippen molar-refractivity contribution in [3.63, 3.8) is 0 Å². The van der Waals surface area contributed by atoms with Crippen molar-refractivity contribution in [1.29, 1.82) is 0 Å². The molecule has 1 aromatic rings. The second-order valence-electron chi connectivity index (χ2n) is 4.94. The maximum Gasteiger partial charge on any atom is 0.251 e. The normalized spacial score (nSPS) is 18.3. The molecule has 1 aromatic carbocycles. The van der Waals surface area contributed by atoms with Crippen LogP contribution in [0.3, 0.4) is 0 Å². The van der Waals surface area contributed by atoms with E-state index >= 15 is 0 Å². The standard InChI is InChI=1S/C14H17BrClNO/c15-10-14(8-2-1-3-9-14)17-13(18)11-4-6-12(16)7-5-11/h4-7H,1-3,8-10H2,(H,17,18). The predicted molar refractivity (Wildman–Crippen MR) is 78.5 cm³/mol. The van der Waals surface area contributed by atoms with Crippen LogP contribution in [0.25, 0.3) is 0 Å². The van der Waals surface area contributed by atoms with Crippen LogP contribution in [0, 0.1) is 0 Å². The molecule has 0 bridgehead atoms. The molecule has 4 heteroatoms. The van der Waals surface area contributed by atoms with Crippen LogP contribution in [-0.4, -0.2) is 16.8 Å². The van der Waals surface area contributed by atoms with Crippen molar-refractivity contribution in [2.75, 3.05) is 5.33 Å². The van der Waals surface area contributed by atoms with E-state index in [9.17, 15) is 4.79 Å². The summed E-state index contributed by atoms with van der Waals surface area (Å²) in [5, 5.41) is 4.66. The summed E-state index contributed by atoms with van der Waals surface area (Å²) in [5.41, 5.74) is 0.597. The zero-order valence-electron chi connectivity index (χ0n) is 10.2. The van der Waals surface area contributed by atoms with Gasteiger partial charge in [0.1, 0.15) is 0 Å². The molecule has 2 rings (SSSR count). The van der Waals surface area contributed by atoms with E-state index in [1.165, 1.54) is 19.3 Å². The fraction of sp³-hybridized carbons (Fsp3) is 0.500. The van der Waals surface area contributed by atoms with Gasteiger partial charge in [0.05, 0.1) is 5.54 Å². The van der Waals surface area contributed by atoms with Crippen LogP contribution in [0.5, 0.6) is 0 Å². The minimum Gasteiger partial charge on any atom is -0.346 e. The number of nitrogens with one attached hydrogen (secondary N) is 1. The number of hydrogen-bond acceptors (Lipinski definition) is 1. The van der Waals surface area contributed by atoms with Crippen LogP contribution in [-0.2, 0) is 0 Å². The molecule has 1 aliphatic carbocycles. The van der Waals surface area contributed by atoms with Gasteiger partial charge in [-0.2, -0.15) is 0 Å². The van der Waals surface area contributed by atoms with Crippen molar-refractivity contribution in [1.82, 2.24) is 5.32 Å². The number of hydrogen-bond donors (Lipinski definition) is 1. The molecule has 0 saturated heterocycles. The van der Waals surface area contributed by atoms with Gasteiger partial charge >= 0.3 is 0 Å². The third kappa shape index (κ3) is 3.27. The molecular formula is C14H17BrClNO. The van der Waals surface area contributed by atoms with E-state index in [0.29, 0.717) is 10.6 Å². The third-order valence-electron chi connectivity index (χ3n) is 3.55. The van der Waals surface area contributed by atoms with Gasteiger partial charge < -0.3 is 5.32 Å². The lowest BCUT2D eigenvalue weighted by Gasteiger charge is -2.36. The van der Waals surface area contributed by atoms with E-state index in [-0.39, 0.29) is 11.4 Å². The monoisotopic (exact) mass is 329 g/mol. The molecule has 1 N–H and O–H groups in total. The van der Waals surface area contributed by atoms with Gasteiger partial charge in [-0.3, -0.25) is 4.79 Å². The first kappa shape index (κ1) is 13.9. The zero-order valence-corrected chi connectivity index (χ0v) is 12.6. The van der Waals surface area contributed by atoms with Gasteiger partial charge in [-0.05, 0) is 37.1 Å². The van der Waals surface area contributed by atoms with Crippen LogP contribution < -0.4 is 5.32 Å². The molecule has 98 valence electrons. The van der Waals surface area contributed by atoms with Gasteiger partial charge in [0.2, 0.25) is 0 Å². The van der Waals surface area contributed by atoms with Gasteiger partial charge in [-0.1, -0.05) is 46.8 Å². The van der Waals surface area contributed by atoms with Crippen molar-refractivity contribution in [3.8, 4) is 0 Å². The van der Waals surface area contributed by atoms with Gasteiger partial charge in [0.15, 0.2) is 0 Å². The van der Waals surface area contributed by atoms with Crippen molar-refractivity contribution >= 4 is 33.4 Å². The molecule has 0 heterocycles. The number of amides is 1. The molecule has 0 spiro atoms. The summed E-state index contributed by atoms with van der Waals surface area (Å²) in [4.78, 5) is 12.2. The van der Waals surface area contributed by atoms with Crippen molar-refractivity contribution in [2.24, 2.45) is 0 Å². The second-order valence-corrected chi connectivity index (χ2v) is 5.93. The van der Waals surface area contributed by atoms with Crippen molar-refractivity contribution < 1.29 is 4.79 Å². The molecule has 2 nitrogen and oxygen atoms in total. The van der Waals surface area contributed by atoms with E-state index in [2.05, 4.69) is 21.2 Å². The molecule has 0 atom stereocenters. The quantitative estimate of drug-likeness (QED) is 0.828. The summed E-state index contributed by atoms with van der Waals surface area (Å²) in [6.45, 7) is 0. The first-order valence-corrected chi connectivity index (χ1v) is 7.79. The molecule has 1 saturated carbocycles. The van der Waals surface area contributed by atoms with Crippen LogP contribution in [0.4, 0.5) is 0 Å². The molecule has 0 aromatic heterocycles. The maximum absolute atomic E-state index is 12.2. The molecule has 1 amide bonds. The lowest BCUT2D eigenvalue weighted by atomic mass is 9.83. The van der Waals surface area contributed by atoms with Crippen LogP contribution in [0.1, 0.15) is 42.5 Å². The van der Waals surface area contributed by atoms with Crippen molar-refractivity contribution in [2.45, 2.75) is 37.6 Å². The van der Waals surface area contributed by atoms with Crippen LogP contribution in [0.15, 0.2) is 24.3 Å². The van der Waals surface area contributed by atoms with Crippen LogP contribution >= 0.6 is 27.5 Å². The minimum absolute atomic E-state index is 0.00647. The highest BCUT2D eigenvalue weighted by Crippen LogP contribution is 2.30. The highest BCUT2D eigenvalue weighted by atomic mass is 79.9. The number of halogens is 2. The summed E-state index contributed by atoms with van der Waals surface area (Å²) in [7, 11) is 0. The summed E-state index contributed by atoms with van der Waals surface area (Å²) in [5.74, 6) is -0.00647. The molecule has 0 aliphatic heterocycles. The lowest BCUT2D eigenvalue weighted by Crippen LogP contribution is -2.51. The first-order chi connectivity index (χ1) is 8.65. The molecule has 18 heavy (non-hydrogen) atoms. The number of carbonyl (C=O) groups excluding carboxylic acids is 1.